The lowest BCUT2D eigenvalue weighted by Gasteiger charge is -2.34. The van der Waals surface area contributed by atoms with Crippen molar-refractivity contribution in [3.8, 4) is 0 Å². The summed E-state index contributed by atoms with van der Waals surface area (Å²) in [6.45, 7) is 4.76. The van der Waals surface area contributed by atoms with Crippen LogP contribution in [0.15, 0.2) is 22.7 Å². The lowest BCUT2D eigenvalue weighted by atomic mass is 9.91. The first-order chi connectivity index (χ1) is 9.86. The van der Waals surface area contributed by atoms with Crippen LogP contribution < -0.4 is 5.32 Å². The van der Waals surface area contributed by atoms with Gasteiger partial charge in [0.25, 0.3) is 0 Å². The summed E-state index contributed by atoms with van der Waals surface area (Å²) in [5.74, 6) is -1.14. The zero-order valence-electron chi connectivity index (χ0n) is 12.1. The highest BCUT2D eigenvalue weighted by Crippen LogP contribution is 2.26. The predicted molar refractivity (Wildman–Crippen MR) is 84.4 cm³/mol. The molecule has 1 aromatic carbocycles. The highest BCUT2D eigenvalue weighted by molar-refractivity contribution is 9.10. The maximum atomic E-state index is 12.3. The van der Waals surface area contributed by atoms with Crippen molar-refractivity contribution in [2.75, 3.05) is 18.4 Å². The summed E-state index contributed by atoms with van der Waals surface area (Å²) in [7, 11) is 0. The zero-order valence-corrected chi connectivity index (χ0v) is 13.7. The van der Waals surface area contributed by atoms with Gasteiger partial charge in [-0.3, -0.25) is 4.79 Å². The van der Waals surface area contributed by atoms with Gasteiger partial charge in [-0.1, -0.05) is 13.0 Å². The first kappa shape index (κ1) is 15.8. The van der Waals surface area contributed by atoms with Gasteiger partial charge >= 0.3 is 12.0 Å². The number of likely N-dealkylation sites (tertiary alicyclic amines) is 1. The number of aliphatic carboxylic acids is 1. The summed E-state index contributed by atoms with van der Waals surface area (Å²) in [4.78, 5) is 25.1. The smallest absolute Gasteiger partial charge is 0.321 e. The third-order valence-electron chi connectivity index (χ3n) is 3.66. The molecule has 5 nitrogen and oxygen atoms in total. The molecular formula is C15H19BrN2O3. The average molecular weight is 355 g/mol. The number of amides is 2. The van der Waals surface area contributed by atoms with Crippen LogP contribution in [0, 0.1) is 18.8 Å². The number of piperidine rings is 1. The maximum Gasteiger partial charge on any atom is 0.321 e. The molecule has 1 heterocycles. The molecule has 1 saturated heterocycles. The molecule has 1 aliphatic rings. The number of halogens is 1. The van der Waals surface area contributed by atoms with Gasteiger partial charge in [-0.2, -0.15) is 0 Å². The van der Waals surface area contributed by atoms with Crippen molar-refractivity contribution < 1.29 is 14.7 Å². The molecule has 114 valence electrons. The SMILES string of the molecule is Cc1ccc(Br)c(NC(=O)N2CC(C)CC(C(=O)O)C2)c1. The number of carbonyl (C=O) groups is 2. The summed E-state index contributed by atoms with van der Waals surface area (Å²) in [5, 5.41) is 12.0. The number of benzene rings is 1. The quantitative estimate of drug-likeness (QED) is 0.855. The number of carboxylic acid groups (broad SMARTS) is 1. The second kappa shape index (κ2) is 6.47. The van der Waals surface area contributed by atoms with Crippen molar-refractivity contribution >= 4 is 33.6 Å². The van der Waals surface area contributed by atoms with Crippen LogP contribution in [-0.4, -0.2) is 35.1 Å². The van der Waals surface area contributed by atoms with E-state index < -0.39 is 11.9 Å². The number of hydrogen-bond donors (Lipinski definition) is 2. The van der Waals surface area contributed by atoms with Crippen LogP contribution in [0.5, 0.6) is 0 Å². The Kier molecular flexibility index (Phi) is 4.88. The summed E-state index contributed by atoms with van der Waals surface area (Å²) >= 11 is 3.40. The van der Waals surface area contributed by atoms with Crippen LogP contribution in [0.1, 0.15) is 18.9 Å². The van der Waals surface area contributed by atoms with Crippen LogP contribution in [0.3, 0.4) is 0 Å². The van der Waals surface area contributed by atoms with Crippen LogP contribution in [0.25, 0.3) is 0 Å². The fourth-order valence-corrected chi connectivity index (χ4v) is 2.97. The standard InChI is InChI=1S/C15H19BrN2O3/c1-9-3-4-12(16)13(6-9)17-15(21)18-7-10(2)5-11(8-18)14(19)20/h3-4,6,10-11H,5,7-8H2,1-2H3,(H,17,21)(H,19,20). The van der Waals surface area contributed by atoms with E-state index >= 15 is 0 Å². The molecule has 2 amide bonds. The van der Waals surface area contributed by atoms with E-state index in [1.54, 1.807) is 4.90 Å². The van der Waals surface area contributed by atoms with E-state index in [0.717, 1.165) is 10.0 Å². The molecule has 1 fully saturated rings. The number of hydrogen-bond acceptors (Lipinski definition) is 2. The normalized spacial score (nSPS) is 22.0. The lowest BCUT2D eigenvalue weighted by Crippen LogP contribution is -2.47. The zero-order chi connectivity index (χ0) is 15.6. The van der Waals surface area contributed by atoms with E-state index in [9.17, 15) is 9.59 Å². The topological polar surface area (TPSA) is 69.6 Å². The molecule has 6 heteroatoms. The molecule has 0 bridgehead atoms. The van der Waals surface area contributed by atoms with Gasteiger partial charge in [0.15, 0.2) is 0 Å². The van der Waals surface area contributed by atoms with Gasteiger partial charge in [-0.05, 0) is 52.9 Å². The molecule has 0 aromatic heterocycles. The van der Waals surface area contributed by atoms with Gasteiger partial charge in [0.2, 0.25) is 0 Å². The number of rotatable bonds is 2. The molecule has 0 radical (unpaired) electrons. The van der Waals surface area contributed by atoms with Gasteiger partial charge in [0.1, 0.15) is 0 Å². The molecule has 2 rings (SSSR count). The van der Waals surface area contributed by atoms with Crippen LogP contribution in [0.2, 0.25) is 0 Å². The number of urea groups is 1. The Bertz CT molecular complexity index is 562. The Morgan fingerprint density at radius 2 is 2.10 bits per heavy atom. The number of anilines is 1. The molecule has 0 saturated carbocycles. The van der Waals surface area contributed by atoms with E-state index in [-0.39, 0.29) is 18.5 Å². The van der Waals surface area contributed by atoms with Crippen molar-refractivity contribution in [3.05, 3.63) is 28.2 Å². The first-order valence-corrected chi connectivity index (χ1v) is 7.71. The predicted octanol–water partition coefficient (Wildman–Crippen LogP) is 3.33. The molecular weight excluding hydrogens is 336 g/mol. The van der Waals surface area contributed by atoms with Crippen molar-refractivity contribution in [1.82, 2.24) is 4.90 Å². The Hall–Kier alpha value is -1.56. The highest BCUT2D eigenvalue weighted by atomic mass is 79.9. The molecule has 1 aliphatic heterocycles. The minimum Gasteiger partial charge on any atom is -0.481 e. The van der Waals surface area contributed by atoms with E-state index in [1.165, 1.54) is 0 Å². The van der Waals surface area contributed by atoms with E-state index in [1.807, 2.05) is 32.0 Å². The van der Waals surface area contributed by atoms with Crippen LogP contribution in [0.4, 0.5) is 10.5 Å². The second-order valence-electron chi connectivity index (χ2n) is 5.69. The van der Waals surface area contributed by atoms with Crippen molar-refractivity contribution in [2.45, 2.75) is 20.3 Å². The Labute approximate surface area is 132 Å². The van der Waals surface area contributed by atoms with Crippen LogP contribution >= 0.6 is 15.9 Å². The highest BCUT2D eigenvalue weighted by Gasteiger charge is 2.32. The summed E-state index contributed by atoms with van der Waals surface area (Å²) in [6.07, 6.45) is 0.618. The fourth-order valence-electron chi connectivity index (χ4n) is 2.63. The molecule has 2 N–H and O–H groups in total. The van der Waals surface area contributed by atoms with Crippen molar-refractivity contribution in [3.63, 3.8) is 0 Å². The maximum absolute atomic E-state index is 12.3. The van der Waals surface area contributed by atoms with Gasteiger partial charge in [-0.25, -0.2) is 4.79 Å². The number of carbonyl (C=O) groups excluding carboxylic acids is 1. The van der Waals surface area contributed by atoms with Crippen molar-refractivity contribution in [2.24, 2.45) is 11.8 Å². The van der Waals surface area contributed by atoms with Gasteiger partial charge < -0.3 is 15.3 Å². The summed E-state index contributed by atoms with van der Waals surface area (Å²) < 4.78 is 0.807. The average Bonchev–Trinajstić information content (AvgIpc) is 2.42. The summed E-state index contributed by atoms with van der Waals surface area (Å²) in [5.41, 5.74) is 1.74. The van der Waals surface area contributed by atoms with Crippen LogP contribution in [-0.2, 0) is 4.79 Å². The minimum absolute atomic E-state index is 0.187. The van der Waals surface area contributed by atoms with Gasteiger partial charge in [0.05, 0.1) is 11.6 Å². The Balaban J connectivity index is 2.08. The van der Waals surface area contributed by atoms with Crippen molar-refractivity contribution in [1.29, 1.82) is 0 Å². The monoisotopic (exact) mass is 354 g/mol. The number of nitrogens with zero attached hydrogens (tertiary/aromatic N) is 1. The lowest BCUT2D eigenvalue weighted by molar-refractivity contribution is -0.143. The molecule has 0 aliphatic carbocycles. The first-order valence-electron chi connectivity index (χ1n) is 6.91. The van der Waals surface area contributed by atoms with E-state index in [4.69, 9.17) is 5.11 Å². The molecule has 2 atom stereocenters. The van der Waals surface area contributed by atoms with E-state index in [0.29, 0.717) is 18.7 Å². The Morgan fingerprint density at radius 3 is 2.76 bits per heavy atom. The van der Waals surface area contributed by atoms with E-state index in [2.05, 4.69) is 21.2 Å². The molecule has 2 unspecified atom stereocenters. The Morgan fingerprint density at radius 1 is 1.38 bits per heavy atom. The second-order valence-corrected chi connectivity index (χ2v) is 6.55. The molecule has 1 aromatic rings. The molecule has 21 heavy (non-hydrogen) atoms. The van der Waals surface area contributed by atoms with Gasteiger partial charge in [-0.15, -0.1) is 0 Å². The number of aryl methyl sites for hydroxylation is 1. The number of carboxylic acids is 1. The third kappa shape index (κ3) is 3.97. The fraction of sp³-hybridized carbons (Fsp3) is 0.467. The molecule has 0 spiro atoms. The third-order valence-corrected chi connectivity index (χ3v) is 4.35. The summed E-state index contributed by atoms with van der Waals surface area (Å²) in [6, 6.07) is 5.45. The minimum atomic E-state index is -0.837. The van der Waals surface area contributed by atoms with Gasteiger partial charge in [0, 0.05) is 17.6 Å². The number of nitrogens with one attached hydrogen (secondary N) is 1. The largest absolute Gasteiger partial charge is 0.481 e.